The number of aromatic nitrogens is 2. The van der Waals surface area contributed by atoms with E-state index in [0.29, 0.717) is 36.1 Å². The maximum Gasteiger partial charge on any atom is 0.256 e. The van der Waals surface area contributed by atoms with E-state index in [-0.39, 0.29) is 5.91 Å². The van der Waals surface area contributed by atoms with Gasteiger partial charge in [-0.15, -0.1) is 0 Å². The lowest BCUT2D eigenvalue weighted by Gasteiger charge is -2.06. The van der Waals surface area contributed by atoms with Gasteiger partial charge in [0.1, 0.15) is 5.15 Å². The zero-order chi connectivity index (χ0) is 16.8. The van der Waals surface area contributed by atoms with Gasteiger partial charge in [0.05, 0.1) is 17.8 Å². The fourth-order valence-electron chi connectivity index (χ4n) is 2.29. The number of carbonyl (C=O) groups is 1. The molecule has 124 valence electrons. The Morgan fingerprint density at radius 1 is 1.30 bits per heavy atom. The van der Waals surface area contributed by atoms with Gasteiger partial charge in [-0.05, 0) is 25.8 Å². The Balaban J connectivity index is 2.09. The van der Waals surface area contributed by atoms with E-state index in [4.69, 9.17) is 16.3 Å². The van der Waals surface area contributed by atoms with Crippen LogP contribution in [0.2, 0.25) is 5.15 Å². The van der Waals surface area contributed by atoms with Crippen LogP contribution >= 0.6 is 11.6 Å². The van der Waals surface area contributed by atoms with Crippen molar-refractivity contribution in [3.05, 3.63) is 51.8 Å². The zero-order valence-electron chi connectivity index (χ0n) is 13.7. The quantitative estimate of drug-likeness (QED) is 0.791. The van der Waals surface area contributed by atoms with Crippen LogP contribution < -0.4 is 5.32 Å². The summed E-state index contributed by atoms with van der Waals surface area (Å²) in [5.74, 6) is -0.196. The number of aryl methyl sites for hydroxylation is 2. The molecule has 0 radical (unpaired) electrons. The van der Waals surface area contributed by atoms with Gasteiger partial charge in [0.2, 0.25) is 0 Å². The van der Waals surface area contributed by atoms with Gasteiger partial charge in [0, 0.05) is 20.3 Å². The number of halogens is 1. The van der Waals surface area contributed by atoms with E-state index in [1.54, 1.807) is 18.7 Å². The highest BCUT2D eigenvalue weighted by molar-refractivity contribution is 6.33. The van der Waals surface area contributed by atoms with Gasteiger partial charge in [-0.25, -0.2) is 4.68 Å². The molecule has 2 rings (SSSR count). The first-order chi connectivity index (χ1) is 11.0. The summed E-state index contributed by atoms with van der Waals surface area (Å²) in [5.41, 5.74) is 3.36. The van der Waals surface area contributed by atoms with E-state index in [0.717, 1.165) is 12.0 Å². The second-order valence-corrected chi connectivity index (χ2v) is 5.85. The van der Waals surface area contributed by atoms with E-state index in [2.05, 4.69) is 10.4 Å². The molecule has 1 aromatic carbocycles. The third-order valence-electron chi connectivity index (χ3n) is 3.56. The first kappa shape index (κ1) is 17.5. The van der Waals surface area contributed by atoms with Crippen molar-refractivity contribution in [3.63, 3.8) is 0 Å². The number of rotatable bonds is 7. The van der Waals surface area contributed by atoms with Crippen molar-refractivity contribution in [2.24, 2.45) is 0 Å². The molecule has 0 spiro atoms. The van der Waals surface area contributed by atoms with Gasteiger partial charge in [-0.2, -0.15) is 5.10 Å². The summed E-state index contributed by atoms with van der Waals surface area (Å²) in [6, 6.07) is 8.16. The third kappa shape index (κ3) is 4.56. The molecule has 1 N–H and O–H groups in total. The number of ether oxygens (including phenoxy) is 1. The number of hydrogen-bond donors (Lipinski definition) is 1. The number of hydrogen-bond acceptors (Lipinski definition) is 3. The van der Waals surface area contributed by atoms with Crippen LogP contribution in [0.5, 0.6) is 0 Å². The van der Waals surface area contributed by atoms with Crippen LogP contribution in [-0.2, 0) is 11.3 Å². The van der Waals surface area contributed by atoms with E-state index in [1.165, 1.54) is 5.56 Å². The monoisotopic (exact) mass is 335 g/mol. The molecule has 0 aliphatic rings. The molecular formula is C17H22ClN3O2. The van der Waals surface area contributed by atoms with Crippen molar-refractivity contribution in [3.8, 4) is 0 Å². The first-order valence-electron chi connectivity index (χ1n) is 7.58. The van der Waals surface area contributed by atoms with E-state index >= 15 is 0 Å². The number of methoxy groups -OCH3 is 1. The Kier molecular flexibility index (Phi) is 6.19. The SMILES string of the molecule is COCCCNC(=O)c1c(C)nn(Cc2ccc(C)cc2)c1Cl. The van der Waals surface area contributed by atoms with Crippen molar-refractivity contribution in [1.82, 2.24) is 15.1 Å². The molecule has 0 unspecified atom stereocenters. The van der Waals surface area contributed by atoms with Crippen LogP contribution in [0.3, 0.4) is 0 Å². The fourth-order valence-corrected chi connectivity index (χ4v) is 2.61. The van der Waals surface area contributed by atoms with Crippen LogP contribution in [-0.4, -0.2) is 35.9 Å². The maximum atomic E-state index is 12.3. The number of nitrogens with one attached hydrogen (secondary N) is 1. The molecule has 0 aliphatic heterocycles. The minimum Gasteiger partial charge on any atom is -0.385 e. The standard InChI is InChI=1S/C17H22ClN3O2/c1-12-5-7-14(8-6-12)11-21-16(18)15(13(2)20-21)17(22)19-9-4-10-23-3/h5-8H,4,9-11H2,1-3H3,(H,19,22). The summed E-state index contributed by atoms with van der Waals surface area (Å²) in [6.07, 6.45) is 0.760. The summed E-state index contributed by atoms with van der Waals surface area (Å²) in [7, 11) is 1.64. The second-order valence-electron chi connectivity index (χ2n) is 5.50. The largest absolute Gasteiger partial charge is 0.385 e. The highest BCUT2D eigenvalue weighted by Gasteiger charge is 2.20. The Hall–Kier alpha value is -1.85. The molecular weight excluding hydrogens is 314 g/mol. The predicted octanol–water partition coefficient (Wildman–Crippen LogP) is 2.97. The van der Waals surface area contributed by atoms with Gasteiger partial charge in [-0.1, -0.05) is 41.4 Å². The van der Waals surface area contributed by atoms with Crippen molar-refractivity contribution < 1.29 is 9.53 Å². The molecule has 1 amide bonds. The van der Waals surface area contributed by atoms with Crippen LogP contribution in [0.4, 0.5) is 0 Å². The number of nitrogens with zero attached hydrogens (tertiary/aromatic N) is 2. The van der Waals surface area contributed by atoms with Gasteiger partial charge in [0.25, 0.3) is 5.91 Å². The van der Waals surface area contributed by atoms with Gasteiger partial charge in [-0.3, -0.25) is 4.79 Å². The van der Waals surface area contributed by atoms with Crippen LogP contribution in [0.15, 0.2) is 24.3 Å². The molecule has 23 heavy (non-hydrogen) atoms. The first-order valence-corrected chi connectivity index (χ1v) is 7.96. The average Bonchev–Trinajstić information content (AvgIpc) is 2.80. The van der Waals surface area contributed by atoms with Crippen molar-refractivity contribution in [2.75, 3.05) is 20.3 Å². The molecule has 1 aromatic heterocycles. The fraction of sp³-hybridized carbons (Fsp3) is 0.412. The Morgan fingerprint density at radius 3 is 2.65 bits per heavy atom. The second kappa shape index (κ2) is 8.13. The summed E-state index contributed by atoms with van der Waals surface area (Å²) < 4.78 is 6.62. The lowest BCUT2D eigenvalue weighted by Crippen LogP contribution is -2.25. The van der Waals surface area contributed by atoms with Crippen LogP contribution in [0.1, 0.15) is 33.6 Å². The van der Waals surface area contributed by atoms with Crippen LogP contribution in [0, 0.1) is 13.8 Å². The molecule has 0 aliphatic carbocycles. The van der Waals surface area contributed by atoms with E-state index in [1.807, 2.05) is 31.2 Å². The molecule has 0 atom stereocenters. The Bertz CT molecular complexity index is 665. The van der Waals surface area contributed by atoms with Crippen molar-refractivity contribution in [2.45, 2.75) is 26.8 Å². The molecule has 0 saturated carbocycles. The zero-order valence-corrected chi connectivity index (χ0v) is 14.5. The molecule has 0 bridgehead atoms. The average molecular weight is 336 g/mol. The van der Waals surface area contributed by atoms with E-state index < -0.39 is 0 Å². The molecule has 6 heteroatoms. The molecule has 5 nitrogen and oxygen atoms in total. The van der Waals surface area contributed by atoms with E-state index in [9.17, 15) is 4.79 Å². The highest BCUT2D eigenvalue weighted by atomic mass is 35.5. The summed E-state index contributed by atoms with van der Waals surface area (Å²) >= 11 is 6.36. The number of amides is 1. The predicted molar refractivity (Wildman–Crippen MR) is 91.1 cm³/mol. The van der Waals surface area contributed by atoms with Crippen molar-refractivity contribution in [1.29, 1.82) is 0 Å². The minimum atomic E-state index is -0.196. The van der Waals surface area contributed by atoms with Gasteiger partial charge in [0.15, 0.2) is 0 Å². The lowest BCUT2D eigenvalue weighted by molar-refractivity contribution is 0.0948. The normalized spacial score (nSPS) is 10.8. The Morgan fingerprint density at radius 2 is 2.00 bits per heavy atom. The number of benzene rings is 1. The molecule has 1 heterocycles. The van der Waals surface area contributed by atoms with Crippen molar-refractivity contribution >= 4 is 17.5 Å². The summed E-state index contributed by atoms with van der Waals surface area (Å²) in [4.78, 5) is 12.3. The summed E-state index contributed by atoms with van der Waals surface area (Å²) in [5, 5.41) is 7.60. The topological polar surface area (TPSA) is 56.1 Å². The molecule has 2 aromatic rings. The van der Waals surface area contributed by atoms with Gasteiger partial charge >= 0.3 is 0 Å². The summed E-state index contributed by atoms with van der Waals surface area (Å²) in [6.45, 7) is 5.53. The van der Waals surface area contributed by atoms with Gasteiger partial charge < -0.3 is 10.1 Å². The maximum absolute atomic E-state index is 12.3. The number of carbonyl (C=O) groups excluding carboxylic acids is 1. The third-order valence-corrected chi connectivity index (χ3v) is 3.94. The lowest BCUT2D eigenvalue weighted by atomic mass is 10.1. The minimum absolute atomic E-state index is 0.196. The highest BCUT2D eigenvalue weighted by Crippen LogP contribution is 2.21. The smallest absolute Gasteiger partial charge is 0.256 e. The Labute approximate surface area is 141 Å². The van der Waals surface area contributed by atoms with Crippen LogP contribution in [0.25, 0.3) is 0 Å². The molecule has 0 fully saturated rings. The molecule has 0 saturated heterocycles.